The van der Waals surface area contributed by atoms with Gasteiger partial charge in [0.25, 0.3) is 0 Å². The average molecular weight is 299 g/mol. The van der Waals surface area contributed by atoms with Crippen LogP contribution in [-0.2, 0) is 0 Å². The van der Waals surface area contributed by atoms with Crippen molar-refractivity contribution in [2.75, 3.05) is 0 Å². The van der Waals surface area contributed by atoms with Gasteiger partial charge in [0, 0.05) is 14.8 Å². The first kappa shape index (κ1) is 13.3. The Labute approximate surface area is 119 Å². The topological polar surface area (TPSA) is 37.3 Å². The van der Waals surface area contributed by atoms with Gasteiger partial charge in [0.15, 0.2) is 0 Å². The second-order valence-electron chi connectivity index (χ2n) is 3.51. The summed E-state index contributed by atoms with van der Waals surface area (Å²) >= 11 is 13.4. The molecule has 0 atom stereocenters. The van der Waals surface area contributed by atoms with Gasteiger partial charge in [-0.15, -0.1) is 0 Å². The van der Waals surface area contributed by atoms with E-state index >= 15 is 0 Å². The lowest BCUT2D eigenvalue weighted by Gasteiger charge is -2.05. The van der Waals surface area contributed by atoms with E-state index in [1.165, 1.54) is 11.8 Å². The van der Waals surface area contributed by atoms with Gasteiger partial charge in [-0.2, -0.15) is 0 Å². The highest BCUT2D eigenvalue weighted by Crippen LogP contribution is 2.35. The molecule has 1 N–H and O–H groups in total. The van der Waals surface area contributed by atoms with Crippen LogP contribution in [0.5, 0.6) is 0 Å². The first-order valence-corrected chi connectivity index (χ1v) is 6.60. The highest BCUT2D eigenvalue weighted by atomic mass is 35.5. The van der Waals surface area contributed by atoms with Crippen LogP contribution in [0.25, 0.3) is 0 Å². The first-order valence-electron chi connectivity index (χ1n) is 5.02. The van der Waals surface area contributed by atoms with Crippen molar-refractivity contribution in [1.82, 2.24) is 0 Å². The summed E-state index contributed by atoms with van der Waals surface area (Å²) in [6.45, 7) is 0. The largest absolute Gasteiger partial charge is 0.478 e. The van der Waals surface area contributed by atoms with E-state index < -0.39 is 5.97 Å². The smallest absolute Gasteiger partial charge is 0.335 e. The molecule has 0 radical (unpaired) electrons. The van der Waals surface area contributed by atoms with Gasteiger partial charge in [0.05, 0.1) is 10.6 Å². The third-order valence-corrected chi connectivity index (χ3v) is 3.96. The number of halogens is 2. The summed E-state index contributed by atoms with van der Waals surface area (Å²) in [5.74, 6) is -0.938. The number of benzene rings is 2. The standard InChI is InChI=1S/C13H8Cl2O2S/c14-9-3-6-11(15)12(7-9)18-10-4-1-8(2-5-10)13(16)17/h1-7H,(H,16,17). The Morgan fingerprint density at radius 1 is 1.06 bits per heavy atom. The van der Waals surface area contributed by atoms with E-state index in [1.54, 1.807) is 42.5 Å². The van der Waals surface area contributed by atoms with Crippen LogP contribution in [0.4, 0.5) is 0 Å². The molecule has 2 rings (SSSR count). The Morgan fingerprint density at radius 2 is 1.72 bits per heavy atom. The minimum absolute atomic E-state index is 0.261. The second kappa shape index (κ2) is 5.65. The molecule has 5 heteroatoms. The van der Waals surface area contributed by atoms with Crippen molar-refractivity contribution >= 4 is 40.9 Å². The zero-order valence-corrected chi connectivity index (χ0v) is 11.4. The van der Waals surface area contributed by atoms with Gasteiger partial charge < -0.3 is 5.11 Å². The molecule has 0 saturated heterocycles. The van der Waals surface area contributed by atoms with Crippen LogP contribution in [0.15, 0.2) is 52.3 Å². The fraction of sp³-hybridized carbons (Fsp3) is 0. The molecule has 0 fully saturated rings. The van der Waals surface area contributed by atoms with E-state index in [1.807, 2.05) is 0 Å². The quantitative estimate of drug-likeness (QED) is 0.881. The average Bonchev–Trinajstić information content (AvgIpc) is 2.34. The number of hydrogen-bond acceptors (Lipinski definition) is 2. The molecule has 0 unspecified atom stereocenters. The monoisotopic (exact) mass is 298 g/mol. The lowest BCUT2D eigenvalue weighted by atomic mass is 10.2. The molecular weight excluding hydrogens is 291 g/mol. The third-order valence-electron chi connectivity index (χ3n) is 2.22. The van der Waals surface area contributed by atoms with E-state index in [2.05, 4.69) is 0 Å². The zero-order valence-electron chi connectivity index (χ0n) is 9.06. The van der Waals surface area contributed by atoms with E-state index in [4.69, 9.17) is 28.3 Å². The van der Waals surface area contributed by atoms with E-state index in [0.29, 0.717) is 10.0 Å². The maximum atomic E-state index is 10.7. The van der Waals surface area contributed by atoms with Gasteiger partial charge in [-0.05, 0) is 42.5 Å². The van der Waals surface area contributed by atoms with Gasteiger partial charge in [0.2, 0.25) is 0 Å². The summed E-state index contributed by atoms with van der Waals surface area (Å²) in [4.78, 5) is 12.5. The van der Waals surface area contributed by atoms with Crippen LogP contribution in [-0.4, -0.2) is 11.1 Å². The highest BCUT2D eigenvalue weighted by Gasteiger charge is 2.06. The lowest BCUT2D eigenvalue weighted by molar-refractivity contribution is 0.0697. The molecule has 2 nitrogen and oxygen atoms in total. The van der Waals surface area contributed by atoms with Gasteiger partial charge >= 0.3 is 5.97 Å². The number of carboxylic acid groups (broad SMARTS) is 1. The van der Waals surface area contributed by atoms with Gasteiger partial charge in [0.1, 0.15) is 0 Å². The number of carboxylic acids is 1. The van der Waals surface area contributed by atoms with Gasteiger partial charge in [-0.3, -0.25) is 0 Å². The minimum atomic E-state index is -0.938. The molecule has 18 heavy (non-hydrogen) atoms. The van der Waals surface area contributed by atoms with Crippen LogP contribution in [0, 0.1) is 0 Å². The predicted octanol–water partition coefficient (Wildman–Crippen LogP) is 4.84. The lowest BCUT2D eigenvalue weighted by Crippen LogP contribution is -1.94. The third kappa shape index (κ3) is 3.19. The molecule has 0 spiro atoms. The maximum absolute atomic E-state index is 10.7. The normalized spacial score (nSPS) is 10.3. The molecule has 0 aromatic heterocycles. The molecule has 0 aliphatic rings. The summed E-state index contributed by atoms with van der Waals surface area (Å²) in [5.41, 5.74) is 0.261. The fourth-order valence-corrected chi connectivity index (χ4v) is 2.70. The van der Waals surface area contributed by atoms with Crippen molar-refractivity contribution in [1.29, 1.82) is 0 Å². The summed E-state index contributed by atoms with van der Waals surface area (Å²) < 4.78 is 0. The number of aromatic carboxylic acids is 1. The Bertz CT molecular complexity index is 582. The second-order valence-corrected chi connectivity index (χ2v) is 5.47. The maximum Gasteiger partial charge on any atom is 0.335 e. The molecule has 0 aliphatic carbocycles. The van der Waals surface area contributed by atoms with E-state index in [0.717, 1.165) is 9.79 Å². The Balaban J connectivity index is 2.23. The molecular formula is C13H8Cl2O2S. The van der Waals surface area contributed by atoms with Crippen molar-refractivity contribution in [3.8, 4) is 0 Å². The van der Waals surface area contributed by atoms with Crippen LogP contribution in [0.2, 0.25) is 10.0 Å². The van der Waals surface area contributed by atoms with Crippen molar-refractivity contribution in [3.05, 3.63) is 58.1 Å². The highest BCUT2D eigenvalue weighted by molar-refractivity contribution is 7.99. The zero-order chi connectivity index (χ0) is 13.1. The molecule has 0 heterocycles. The molecule has 0 saturated carbocycles. The summed E-state index contributed by atoms with van der Waals surface area (Å²) in [6, 6.07) is 11.8. The van der Waals surface area contributed by atoms with Gasteiger partial charge in [-0.1, -0.05) is 35.0 Å². The summed E-state index contributed by atoms with van der Waals surface area (Å²) in [7, 11) is 0. The molecule has 0 aliphatic heterocycles. The Hall–Kier alpha value is -1.16. The number of rotatable bonds is 3. The van der Waals surface area contributed by atoms with Crippen molar-refractivity contribution in [3.63, 3.8) is 0 Å². The number of carbonyl (C=O) groups is 1. The molecule has 2 aromatic carbocycles. The van der Waals surface area contributed by atoms with E-state index in [9.17, 15) is 4.79 Å². The van der Waals surface area contributed by atoms with Crippen LogP contribution < -0.4 is 0 Å². The predicted molar refractivity (Wildman–Crippen MR) is 74.0 cm³/mol. The fourth-order valence-electron chi connectivity index (χ4n) is 1.35. The summed E-state index contributed by atoms with van der Waals surface area (Å²) in [5, 5.41) is 10.0. The number of hydrogen-bond donors (Lipinski definition) is 1. The van der Waals surface area contributed by atoms with Crippen molar-refractivity contribution in [2.24, 2.45) is 0 Å². The molecule has 2 aromatic rings. The molecule has 0 amide bonds. The van der Waals surface area contributed by atoms with E-state index in [-0.39, 0.29) is 5.56 Å². The van der Waals surface area contributed by atoms with Gasteiger partial charge in [-0.25, -0.2) is 4.79 Å². The SMILES string of the molecule is O=C(O)c1ccc(Sc2cc(Cl)ccc2Cl)cc1. The Kier molecular flexibility index (Phi) is 4.17. The molecule has 0 bridgehead atoms. The minimum Gasteiger partial charge on any atom is -0.478 e. The molecule has 92 valence electrons. The van der Waals surface area contributed by atoms with Crippen LogP contribution in [0.3, 0.4) is 0 Å². The summed E-state index contributed by atoms with van der Waals surface area (Å²) in [6.07, 6.45) is 0. The van der Waals surface area contributed by atoms with Crippen molar-refractivity contribution in [2.45, 2.75) is 9.79 Å². The van der Waals surface area contributed by atoms with Crippen LogP contribution >= 0.6 is 35.0 Å². The first-order chi connectivity index (χ1) is 8.56. The van der Waals surface area contributed by atoms with Crippen LogP contribution in [0.1, 0.15) is 10.4 Å². The van der Waals surface area contributed by atoms with Crippen molar-refractivity contribution < 1.29 is 9.90 Å². The Morgan fingerprint density at radius 3 is 2.33 bits per heavy atom.